The summed E-state index contributed by atoms with van der Waals surface area (Å²) in [6, 6.07) is 16.7. The second-order valence-corrected chi connectivity index (χ2v) is 8.84. The van der Waals surface area contributed by atoms with Crippen molar-refractivity contribution in [1.82, 2.24) is 9.88 Å². The number of hydrogen-bond donors (Lipinski definition) is 0. The largest absolute Gasteiger partial charge is 0.339 e. The van der Waals surface area contributed by atoms with Gasteiger partial charge >= 0.3 is 0 Å². The number of carbonyl (C=O) groups excluding carboxylic acids is 1. The van der Waals surface area contributed by atoms with Crippen LogP contribution in [0.15, 0.2) is 54.6 Å². The zero-order valence-electron chi connectivity index (χ0n) is 16.5. The monoisotopic (exact) mass is 390 g/mol. The number of amides is 1. The third-order valence-corrected chi connectivity index (χ3v) is 6.69. The fraction of sp³-hybridized carbons (Fsp3) is 0.333. The highest BCUT2D eigenvalue weighted by Gasteiger charge is 2.25. The Hall–Kier alpha value is -2.46. The molecular formula is C24H26N2OS. The molecule has 0 unspecified atom stereocenters. The van der Waals surface area contributed by atoms with Gasteiger partial charge in [0.1, 0.15) is 0 Å². The van der Waals surface area contributed by atoms with Crippen molar-refractivity contribution in [3.8, 4) is 0 Å². The molecule has 4 heteroatoms. The molecule has 0 aliphatic carbocycles. The van der Waals surface area contributed by atoms with Crippen molar-refractivity contribution >= 4 is 33.5 Å². The van der Waals surface area contributed by atoms with Gasteiger partial charge in [-0.25, -0.2) is 4.98 Å². The van der Waals surface area contributed by atoms with Gasteiger partial charge in [-0.1, -0.05) is 50.2 Å². The lowest BCUT2D eigenvalue weighted by atomic mass is 9.97. The Morgan fingerprint density at radius 3 is 2.50 bits per heavy atom. The van der Waals surface area contributed by atoms with Gasteiger partial charge in [-0.2, -0.15) is 0 Å². The Morgan fingerprint density at radius 2 is 1.82 bits per heavy atom. The van der Waals surface area contributed by atoms with Crippen molar-refractivity contribution in [3.05, 3.63) is 70.7 Å². The molecule has 1 saturated heterocycles. The Morgan fingerprint density at radius 1 is 1.11 bits per heavy atom. The molecule has 0 spiro atoms. The molecule has 4 rings (SSSR count). The van der Waals surface area contributed by atoms with Crippen LogP contribution in [0.5, 0.6) is 0 Å². The number of para-hydroxylation sites is 1. The standard InChI is InChI=1S/C24H26N2OS/c1-17(2)19-10-7-18(8-11-19)9-12-23(27)26-15-13-20(14-16-26)24-25-21-5-3-4-6-22(21)28-24/h3-12,17,20H,13-16H2,1-2H3/b12-9+. The summed E-state index contributed by atoms with van der Waals surface area (Å²) in [5, 5.41) is 1.22. The molecule has 3 nitrogen and oxygen atoms in total. The van der Waals surface area contributed by atoms with Crippen LogP contribution in [-0.2, 0) is 4.79 Å². The van der Waals surface area contributed by atoms with E-state index in [2.05, 4.69) is 56.3 Å². The normalized spacial score (nSPS) is 15.8. The highest BCUT2D eigenvalue weighted by atomic mass is 32.1. The molecule has 1 aliphatic heterocycles. The van der Waals surface area contributed by atoms with Gasteiger partial charge in [-0.05, 0) is 48.1 Å². The van der Waals surface area contributed by atoms with Gasteiger partial charge < -0.3 is 4.90 Å². The zero-order chi connectivity index (χ0) is 19.5. The van der Waals surface area contributed by atoms with Crippen LogP contribution in [0.25, 0.3) is 16.3 Å². The molecule has 0 saturated carbocycles. The summed E-state index contributed by atoms with van der Waals surface area (Å²) in [5.74, 6) is 1.10. The van der Waals surface area contributed by atoms with E-state index >= 15 is 0 Å². The predicted octanol–water partition coefficient (Wildman–Crippen LogP) is 5.84. The average Bonchev–Trinajstić information content (AvgIpc) is 3.16. The van der Waals surface area contributed by atoms with E-state index in [9.17, 15) is 4.79 Å². The molecule has 2 aromatic carbocycles. The second kappa shape index (κ2) is 8.27. The van der Waals surface area contributed by atoms with E-state index in [1.807, 2.05) is 17.0 Å². The lowest BCUT2D eigenvalue weighted by Crippen LogP contribution is -2.36. The van der Waals surface area contributed by atoms with E-state index in [0.29, 0.717) is 11.8 Å². The number of aromatic nitrogens is 1. The van der Waals surface area contributed by atoms with Crippen molar-refractivity contribution in [2.24, 2.45) is 0 Å². The lowest BCUT2D eigenvalue weighted by Gasteiger charge is -2.30. The quantitative estimate of drug-likeness (QED) is 0.524. The minimum atomic E-state index is 0.107. The molecule has 1 aromatic heterocycles. The maximum Gasteiger partial charge on any atom is 0.246 e. The van der Waals surface area contributed by atoms with Crippen LogP contribution < -0.4 is 0 Å². The van der Waals surface area contributed by atoms with Gasteiger partial charge in [0.25, 0.3) is 0 Å². The molecule has 28 heavy (non-hydrogen) atoms. The topological polar surface area (TPSA) is 33.2 Å². The maximum absolute atomic E-state index is 12.6. The maximum atomic E-state index is 12.6. The number of hydrogen-bond acceptors (Lipinski definition) is 3. The zero-order valence-corrected chi connectivity index (χ0v) is 17.3. The number of fused-ring (bicyclic) bond motifs is 1. The van der Waals surface area contributed by atoms with Crippen LogP contribution in [0.1, 0.15) is 54.7 Å². The number of nitrogens with zero attached hydrogens (tertiary/aromatic N) is 2. The van der Waals surface area contributed by atoms with Crippen molar-refractivity contribution in [1.29, 1.82) is 0 Å². The fourth-order valence-corrected chi connectivity index (χ4v) is 4.81. The Bertz CT molecular complexity index is 946. The highest BCUT2D eigenvalue weighted by molar-refractivity contribution is 7.18. The van der Waals surface area contributed by atoms with Crippen molar-refractivity contribution in [2.75, 3.05) is 13.1 Å². The van der Waals surface area contributed by atoms with Gasteiger partial charge in [0.2, 0.25) is 5.91 Å². The van der Waals surface area contributed by atoms with Crippen LogP contribution in [0, 0.1) is 0 Å². The molecule has 3 aromatic rings. The van der Waals surface area contributed by atoms with E-state index in [1.54, 1.807) is 17.4 Å². The van der Waals surface area contributed by atoms with Crippen molar-refractivity contribution in [3.63, 3.8) is 0 Å². The van der Waals surface area contributed by atoms with Crippen LogP contribution in [0.4, 0.5) is 0 Å². The molecule has 1 aliphatic rings. The van der Waals surface area contributed by atoms with Crippen LogP contribution in [0.3, 0.4) is 0 Å². The Kier molecular flexibility index (Phi) is 5.58. The molecule has 0 atom stereocenters. The van der Waals surface area contributed by atoms with Gasteiger partial charge in [0.05, 0.1) is 15.2 Å². The highest BCUT2D eigenvalue weighted by Crippen LogP contribution is 2.33. The Balaban J connectivity index is 1.34. The minimum Gasteiger partial charge on any atom is -0.339 e. The number of benzene rings is 2. The van der Waals surface area contributed by atoms with Crippen molar-refractivity contribution < 1.29 is 4.79 Å². The van der Waals surface area contributed by atoms with E-state index in [4.69, 9.17) is 4.98 Å². The van der Waals surface area contributed by atoms with E-state index < -0.39 is 0 Å². The summed E-state index contributed by atoms with van der Waals surface area (Å²) in [4.78, 5) is 19.3. The fourth-order valence-electron chi connectivity index (χ4n) is 3.68. The molecule has 0 N–H and O–H groups in total. The molecule has 1 fully saturated rings. The first-order valence-corrected chi connectivity index (χ1v) is 10.8. The Labute approximate surface area is 170 Å². The smallest absolute Gasteiger partial charge is 0.246 e. The number of thiazole rings is 1. The molecule has 2 heterocycles. The third-order valence-electron chi connectivity index (χ3n) is 5.49. The SMILES string of the molecule is CC(C)c1ccc(/C=C/C(=O)N2CCC(c3nc4ccccc4s3)CC2)cc1. The first kappa shape index (κ1) is 18.9. The summed E-state index contributed by atoms with van der Waals surface area (Å²) in [7, 11) is 0. The van der Waals surface area contributed by atoms with Gasteiger partial charge in [-0.3, -0.25) is 4.79 Å². The summed E-state index contributed by atoms with van der Waals surface area (Å²) in [6.07, 6.45) is 5.61. The second-order valence-electron chi connectivity index (χ2n) is 7.77. The van der Waals surface area contributed by atoms with E-state index in [1.165, 1.54) is 15.3 Å². The van der Waals surface area contributed by atoms with Crippen LogP contribution in [-0.4, -0.2) is 28.9 Å². The first-order valence-electron chi connectivity index (χ1n) is 10.0. The third kappa shape index (κ3) is 4.17. The summed E-state index contributed by atoms with van der Waals surface area (Å²) < 4.78 is 1.25. The van der Waals surface area contributed by atoms with E-state index in [0.717, 1.165) is 37.0 Å². The van der Waals surface area contributed by atoms with Crippen LogP contribution in [0.2, 0.25) is 0 Å². The van der Waals surface area contributed by atoms with Gasteiger partial charge in [0.15, 0.2) is 0 Å². The van der Waals surface area contributed by atoms with E-state index in [-0.39, 0.29) is 5.91 Å². The predicted molar refractivity (Wildman–Crippen MR) is 118 cm³/mol. The van der Waals surface area contributed by atoms with Gasteiger partial charge in [0, 0.05) is 25.1 Å². The van der Waals surface area contributed by atoms with Crippen LogP contribution >= 0.6 is 11.3 Å². The van der Waals surface area contributed by atoms with Crippen molar-refractivity contribution in [2.45, 2.75) is 38.5 Å². The average molecular weight is 391 g/mol. The number of rotatable bonds is 4. The van der Waals surface area contributed by atoms with Gasteiger partial charge in [-0.15, -0.1) is 11.3 Å². The summed E-state index contributed by atoms with van der Waals surface area (Å²) in [6.45, 7) is 5.98. The number of carbonyl (C=O) groups is 1. The minimum absolute atomic E-state index is 0.107. The number of piperidine rings is 1. The summed E-state index contributed by atoms with van der Waals surface area (Å²) >= 11 is 1.80. The molecule has 1 amide bonds. The number of likely N-dealkylation sites (tertiary alicyclic amines) is 1. The summed E-state index contributed by atoms with van der Waals surface area (Å²) in [5.41, 5.74) is 3.48. The molecule has 144 valence electrons. The molecule has 0 radical (unpaired) electrons. The molecule has 0 bridgehead atoms. The lowest BCUT2D eigenvalue weighted by molar-refractivity contribution is -0.126. The first-order chi connectivity index (χ1) is 13.6. The molecular weight excluding hydrogens is 364 g/mol.